The number of hydrogen-bond acceptors (Lipinski definition) is 13. The summed E-state index contributed by atoms with van der Waals surface area (Å²) in [5.74, 6) is -0.452. The molecule has 22 nitrogen and oxygen atoms in total. The van der Waals surface area contributed by atoms with Crippen molar-refractivity contribution in [2.75, 3.05) is 26.3 Å². The normalized spacial score (nSPS) is 19.1. The van der Waals surface area contributed by atoms with Gasteiger partial charge in [0.05, 0.1) is 30.4 Å². The van der Waals surface area contributed by atoms with Crippen molar-refractivity contribution in [1.29, 1.82) is 0 Å². The van der Waals surface area contributed by atoms with Crippen LogP contribution in [0.3, 0.4) is 0 Å². The summed E-state index contributed by atoms with van der Waals surface area (Å²) < 4.78 is 55.1. The highest BCUT2D eigenvalue weighted by molar-refractivity contribution is 7.54. The highest BCUT2D eigenvalue weighted by atomic mass is 31.2. The van der Waals surface area contributed by atoms with Gasteiger partial charge in [-0.1, -0.05) is 91.1 Å². The van der Waals surface area contributed by atoms with E-state index in [1.165, 1.54) is 41.8 Å². The predicted molar refractivity (Wildman–Crippen MR) is 315 cm³/mol. The fourth-order valence-electron chi connectivity index (χ4n) is 11.7. The number of primary amides is 1. The molecule has 5 atom stereocenters. The summed E-state index contributed by atoms with van der Waals surface area (Å²) in [5.41, 5.74) is 2.82. The molecule has 1 unspecified atom stereocenters. The zero-order valence-electron chi connectivity index (χ0n) is 48.5. The van der Waals surface area contributed by atoms with E-state index in [0.29, 0.717) is 37.7 Å². The summed E-state index contributed by atoms with van der Waals surface area (Å²) in [6, 6.07) is 21.2. The van der Waals surface area contributed by atoms with E-state index < -0.39 is 108 Å². The number of alkyl halides is 2. The van der Waals surface area contributed by atoms with E-state index >= 15 is 13.6 Å². The first kappa shape index (κ1) is 63.6. The van der Waals surface area contributed by atoms with Gasteiger partial charge in [0, 0.05) is 66.8 Å². The number of benzene rings is 4. The number of halogens is 2. The number of piperidine rings is 1. The summed E-state index contributed by atoms with van der Waals surface area (Å²) in [6.07, 6.45) is 2.10. The van der Waals surface area contributed by atoms with E-state index in [-0.39, 0.29) is 105 Å². The number of carbonyl (C=O) groups is 10. The molecule has 88 heavy (non-hydrogen) atoms. The Morgan fingerprint density at radius 2 is 1.51 bits per heavy atom. The molecular weight excluding hydrogens is 1160 g/mol. The van der Waals surface area contributed by atoms with Gasteiger partial charge in [-0.05, 0) is 100 Å². The maximum atomic E-state index is 15.9. The third-order valence-electron chi connectivity index (χ3n) is 16.1. The largest absolute Gasteiger partial charge is 0.404 e. The molecule has 0 bridgehead atoms. The zero-order valence-corrected chi connectivity index (χ0v) is 49.4. The highest BCUT2D eigenvalue weighted by Crippen LogP contribution is 2.67. The Kier molecular flexibility index (Phi) is 20.1. The van der Waals surface area contributed by atoms with Crippen LogP contribution < -0.4 is 27.0 Å². The van der Waals surface area contributed by atoms with Gasteiger partial charge in [0.25, 0.3) is 17.7 Å². The van der Waals surface area contributed by atoms with Crippen molar-refractivity contribution in [3.8, 4) is 11.8 Å². The minimum atomic E-state index is -5.00. The van der Waals surface area contributed by atoms with Crippen LogP contribution in [0, 0.1) is 11.8 Å². The molecule has 1 aromatic heterocycles. The SMILES string of the molecule is CCOP(=O)(OCC)C(F)(F)c1ccc2[nH]c(C(=O)N[C@H]3CN(C(=O)CCCCCC#Cc4cccc5c4C(=O)N(C4CCC(=O)NC4=O)C5=O)CC[C@H]4CC[C@@H](C(=O)N[C@@H](CCC(N)=O)C(=O)NC(c5ccccc5)c5ccccc5)N4C3=O)cc2c1. The van der Waals surface area contributed by atoms with E-state index in [9.17, 15) is 47.7 Å². The van der Waals surface area contributed by atoms with Gasteiger partial charge in [-0.25, -0.2) is 0 Å². The number of unbranched alkanes of at least 4 members (excludes halogenated alkanes) is 3. The molecule has 25 heteroatoms. The third kappa shape index (κ3) is 13.9. The molecule has 0 aliphatic carbocycles. The average molecular weight is 1230 g/mol. The molecule has 462 valence electrons. The molecular formula is C63H68F2N9O13P. The van der Waals surface area contributed by atoms with Crippen molar-refractivity contribution in [2.24, 2.45) is 5.73 Å². The molecule has 3 fully saturated rings. The van der Waals surface area contributed by atoms with Crippen LogP contribution >= 0.6 is 7.60 Å². The minimum Gasteiger partial charge on any atom is -0.370 e. The number of rotatable bonds is 23. The second-order valence-electron chi connectivity index (χ2n) is 21.9. The first-order valence-electron chi connectivity index (χ1n) is 29.4. The lowest BCUT2D eigenvalue weighted by molar-refractivity contribution is -0.145. The highest BCUT2D eigenvalue weighted by Gasteiger charge is 2.55. The summed E-state index contributed by atoms with van der Waals surface area (Å²) >= 11 is 0. The van der Waals surface area contributed by atoms with Gasteiger partial charge in [0.2, 0.25) is 41.4 Å². The van der Waals surface area contributed by atoms with Crippen LogP contribution in [0.1, 0.15) is 150 Å². The molecule has 10 amide bonds. The van der Waals surface area contributed by atoms with Gasteiger partial charge < -0.3 is 45.5 Å². The first-order chi connectivity index (χ1) is 42.2. The molecule has 0 spiro atoms. The second-order valence-corrected chi connectivity index (χ2v) is 23.9. The predicted octanol–water partition coefficient (Wildman–Crippen LogP) is 6.23. The van der Waals surface area contributed by atoms with Crippen molar-refractivity contribution in [1.82, 2.24) is 41.0 Å². The van der Waals surface area contributed by atoms with Crippen molar-refractivity contribution >= 4 is 77.6 Å². The number of H-pyrrole nitrogens is 1. The van der Waals surface area contributed by atoms with Crippen LogP contribution in [0.25, 0.3) is 10.9 Å². The van der Waals surface area contributed by atoms with Crippen molar-refractivity contribution in [2.45, 2.75) is 133 Å². The lowest BCUT2D eigenvalue weighted by atomic mass is 9.98. The Balaban J connectivity index is 0.906. The quantitative estimate of drug-likeness (QED) is 0.0183. The summed E-state index contributed by atoms with van der Waals surface area (Å²) in [7, 11) is -5.00. The Morgan fingerprint density at radius 3 is 2.18 bits per heavy atom. The summed E-state index contributed by atoms with van der Waals surface area (Å²) in [4.78, 5) is 143. The molecule has 5 aromatic rings. The number of nitrogens with zero attached hydrogens (tertiary/aromatic N) is 3. The number of imide groups is 2. The number of aromatic nitrogens is 1. The zero-order chi connectivity index (χ0) is 62.9. The molecule has 7 N–H and O–H groups in total. The summed E-state index contributed by atoms with van der Waals surface area (Å²) in [6.45, 7) is 1.94. The second kappa shape index (κ2) is 27.8. The van der Waals surface area contributed by atoms with Gasteiger partial charge >= 0.3 is 13.3 Å². The van der Waals surface area contributed by atoms with E-state index in [4.69, 9.17) is 14.8 Å². The fraction of sp³-hybridized carbons (Fsp3) is 0.397. The molecule has 4 aliphatic heterocycles. The van der Waals surface area contributed by atoms with Gasteiger partial charge in [-0.2, -0.15) is 8.78 Å². The number of amides is 10. The topological polar surface area (TPSA) is 306 Å². The van der Waals surface area contributed by atoms with Crippen molar-refractivity contribution < 1.29 is 70.3 Å². The van der Waals surface area contributed by atoms with Crippen LogP contribution in [0.2, 0.25) is 0 Å². The Morgan fingerprint density at radius 1 is 0.807 bits per heavy atom. The number of aromatic amines is 1. The summed E-state index contributed by atoms with van der Waals surface area (Å²) in [5, 5.41) is 10.9. The number of nitrogens with two attached hydrogens (primary N) is 1. The lowest BCUT2D eigenvalue weighted by Crippen LogP contribution is -2.62. The van der Waals surface area contributed by atoms with Crippen LogP contribution in [0.15, 0.2) is 103 Å². The van der Waals surface area contributed by atoms with Crippen molar-refractivity contribution in [3.05, 3.63) is 142 Å². The third-order valence-corrected chi connectivity index (χ3v) is 18.2. The maximum absolute atomic E-state index is 15.9. The minimum absolute atomic E-state index is 0.00827. The number of carbonyl (C=O) groups excluding carboxylic acids is 10. The van der Waals surface area contributed by atoms with E-state index in [2.05, 4.69) is 38.1 Å². The molecule has 9 rings (SSSR count). The van der Waals surface area contributed by atoms with Gasteiger partial charge in [0.15, 0.2) is 0 Å². The molecule has 5 heterocycles. The Labute approximate surface area is 505 Å². The van der Waals surface area contributed by atoms with Crippen LogP contribution in [-0.4, -0.2) is 135 Å². The molecule has 4 aliphatic rings. The van der Waals surface area contributed by atoms with Crippen LogP contribution in [-0.2, 0) is 52.8 Å². The molecule has 3 saturated heterocycles. The van der Waals surface area contributed by atoms with E-state index in [1.807, 2.05) is 60.7 Å². The van der Waals surface area contributed by atoms with Crippen molar-refractivity contribution in [3.63, 3.8) is 0 Å². The fourth-order valence-corrected chi connectivity index (χ4v) is 13.2. The van der Waals surface area contributed by atoms with Gasteiger partial charge in [0.1, 0.15) is 29.9 Å². The standard InChI is InChI=1S/C63H68F2N9O13P/c1-3-86-88(85,87-4-2)63(64,65)42-25-27-45-41(35-42)36-47(67-45)57(79)69-48-37-72(53(77)24-15-7-5-6-10-17-38-22-16-23-44-54(38)62(84)74(60(44)82)50-30-32-52(76)70-59(50)81)34-33-43-26-29-49(73(43)61(48)83)58(80)68-46(28-31-51(66)75)56(78)71-55(39-18-11-8-12-19-39)40-20-13-9-14-21-40/h8-9,11-14,16,18-23,25,27,35-36,43,46,48-50,55,67H,3-7,15,24,26,28-34,37H2,1-2H3,(H2,66,75)(H,68,80)(H,69,79)(H,71,78)(H,70,76,81)/t43-,46+,48+,49+,50?/m1/s1. The Hall–Kier alpha value is -8.91. The molecule has 4 aromatic carbocycles. The molecule has 0 saturated carbocycles. The first-order valence-corrected chi connectivity index (χ1v) is 30.9. The van der Waals surface area contributed by atoms with Gasteiger partial charge in [-0.15, -0.1) is 0 Å². The van der Waals surface area contributed by atoms with E-state index in [1.54, 1.807) is 12.1 Å². The monoisotopic (exact) mass is 1230 g/mol. The Bertz CT molecular complexity index is 3600. The maximum Gasteiger partial charge on any atom is 0.404 e. The number of fused-ring (bicyclic) bond motifs is 3. The average Bonchev–Trinajstić information content (AvgIpc) is 1.67. The number of hydrogen-bond donors (Lipinski definition) is 6. The number of nitrogens with one attached hydrogen (secondary N) is 5. The van der Waals surface area contributed by atoms with Gasteiger partial charge in [-0.3, -0.25) is 62.7 Å². The van der Waals surface area contributed by atoms with E-state index in [0.717, 1.165) is 28.2 Å². The lowest BCUT2D eigenvalue weighted by Gasteiger charge is -2.39. The van der Waals surface area contributed by atoms with Crippen LogP contribution in [0.4, 0.5) is 8.78 Å². The van der Waals surface area contributed by atoms with Crippen LogP contribution in [0.5, 0.6) is 0 Å². The smallest absolute Gasteiger partial charge is 0.370 e. The molecule has 0 radical (unpaired) electrons.